The Hall–Kier alpha value is -4.41. The largest absolute Gasteiger partial charge is 0.322 e. The number of para-hydroxylation sites is 3. The van der Waals surface area contributed by atoms with E-state index in [0.717, 1.165) is 11.4 Å². The highest BCUT2D eigenvalue weighted by Crippen LogP contribution is 2.51. The third-order valence-electron chi connectivity index (χ3n) is 7.71. The molecule has 0 saturated heterocycles. The number of amidine groups is 1. The predicted octanol–water partition coefficient (Wildman–Crippen LogP) is 7.05. The fraction of sp³-hybridized carbons (Fsp3) is 0.121. The Kier molecular flexibility index (Phi) is 5.08. The Bertz CT molecular complexity index is 1660. The second-order valence-electron chi connectivity index (χ2n) is 9.78. The van der Waals surface area contributed by atoms with E-state index in [9.17, 15) is 0 Å². The molecule has 0 bridgehead atoms. The van der Waals surface area contributed by atoms with Gasteiger partial charge in [0.25, 0.3) is 0 Å². The second kappa shape index (κ2) is 8.61. The van der Waals surface area contributed by atoms with Crippen LogP contribution in [0.5, 0.6) is 0 Å². The first-order valence-corrected chi connectivity index (χ1v) is 12.8. The number of fused-ring (bicyclic) bond motifs is 7. The molecule has 4 aromatic carbocycles. The van der Waals surface area contributed by atoms with Crippen LogP contribution < -0.4 is 10.6 Å². The van der Waals surface area contributed by atoms with Crippen molar-refractivity contribution in [2.24, 2.45) is 10.7 Å². The van der Waals surface area contributed by atoms with Crippen molar-refractivity contribution >= 4 is 28.5 Å². The topological polar surface area (TPSA) is 46.5 Å². The lowest BCUT2D eigenvalue weighted by Gasteiger charge is -2.31. The van der Waals surface area contributed by atoms with E-state index < -0.39 is 6.17 Å². The average molecular weight is 481 g/mol. The highest BCUT2D eigenvalue weighted by Gasteiger charge is 2.44. The maximum Gasteiger partial charge on any atom is 0.125 e. The van der Waals surface area contributed by atoms with Gasteiger partial charge in [0, 0.05) is 28.0 Å². The lowest BCUT2D eigenvalue weighted by atomic mass is 9.84. The fourth-order valence-corrected chi connectivity index (χ4v) is 6.16. The van der Waals surface area contributed by atoms with E-state index in [1.165, 1.54) is 39.1 Å². The van der Waals surface area contributed by atoms with Crippen LogP contribution in [0.15, 0.2) is 120 Å². The summed E-state index contributed by atoms with van der Waals surface area (Å²) < 4.78 is 2.45. The number of aromatic nitrogens is 1. The Morgan fingerprint density at radius 3 is 2.30 bits per heavy atom. The summed E-state index contributed by atoms with van der Waals surface area (Å²) in [5, 5.41) is 1.28. The van der Waals surface area contributed by atoms with Crippen molar-refractivity contribution in [3.8, 4) is 5.69 Å². The van der Waals surface area contributed by atoms with Gasteiger partial charge in [0.15, 0.2) is 0 Å². The first-order chi connectivity index (χ1) is 18.2. The van der Waals surface area contributed by atoms with Gasteiger partial charge in [-0.2, -0.15) is 0 Å². The molecule has 2 heterocycles. The van der Waals surface area contributed by atoms with Crippen LogP contribution in [0.25, 0.3) is 22.7 Å². The summed E-state index contributed by atoms with van der Waals surface area (Å²) >= 11 is 0. The van der Waals surface area contributed by atoms with Crippen molar-refractivity contribution in [1.29, 1.82) is 0 Å². The van der Waals surface area contributed by atoms with E-state index in [-0.39, 0.29) is 12.0 Å². The summed E-state index contributed by atoms with van der Waals surface area (Å²) in [5.74, 6) is 1.09. The highest BCUT2D eigenvalue weighted by molar-refractivity contribution is 6.02. The molecule has 180 valence electrons. The van der Waals surface area contributed by atoms with E-state index in [1.54, 1.807) is 0 Å². The zero-order chi connectivity index (χ0) is 24.9. The van der Waals surface area contributed by atoms with Gasteiger partial charge >= 0.3 is 0 Å². The van der Waals surface area contributed by atoms with Gasteiger partial charge in [-0.15, -0.1) is 0 Å². The van der Waals surface area contributed by atoms with Gasteiger partial charge in [-0.3, -0.25) is 0 Å². The zero-order valence-corrected chi connectivity index (χ0v) is 20.7. The van der Waals surface area contributed by atoms with Gasteiger partial charge < -0.3 is 15.2 Å². The second-order valence-corrected chi connectivity index (χ2v) is 9.78. The molecule has 0 spiro atoms. The number of hydrogen-bond donors (Lipinski definition) is 1. The smallest absolute Gasteiger partial charge is 0.125 e. The molecule has 7 rings (SSSR count). The molecule has 3 atom stereocenters. The van der Waals surface area contributed by atoms with Crippen LogP contribution >= 0.6 is 0 Å². The molecule has 0 radical (unpaired) electrons. The van der Waals surface area contributed by atoms with E-state index in [2.05, 4.69) is 107 Å². The maximum atomic E-state index is 6.54. The number of benzene rings is 4. The van der Waals surface area contributed by atoms with Gasteiger partial charge in [0.2, 0.25) is 0 Å². The van der Waals surface area contributed by atoms with Crippen molar-refractivity contribution < 1.29 is 0 Å². The number of rotatable bonds is 3. The lowest BCUT2D eigenvalue weighted by Crippen LogP contribution is -2.39. The summed E-state index contributed by atoms with van der Waals surface area (Å²) in [5.41, 5.74) is 15.1. The third kappa shape index (κ3) is 3.37. The number of hydrogen-bond acceptors (Lipinski definition) is 2. The maximum absolute atomic E-state index is 6.54. The highest BCUT2D eigenvalue weighted by atomic mass is 15.3. The molecular weight excluding hydrogens is 452 g/mol. The standard InChI is InChI=1S/C33H28N4/c1-22(35-33(34)23-12-4-2-5-13-23)36-29-19-11-9-17-27(29)31-30(36)21-20-26-25-16-8-10-18-28(25)37(32(26)31)24-14-6-3-7-15-24/h2-21,30-31,33H,34H2,1H3. The molecule has 1 aliphatic heterocycles. The van der Waals surface area contributed by atoms with Crippen molar-refractivity contribution in [2.75, 3.05) is 4.90 Å². The number of nitrogens with zero attached hydrogens (tertiary/aromatic N) is 3. The van der Waals surface area contributed by atoms with E-state index >= 15 is 0 Å². The molecule has 2 aliphatic rings. The van der Waals surface area contributed by atoms with Crippen molar-refractivity contribution in [3.63, 3.8) is 0 Å². The molecule has 3 unspecified atom stereocenters. The monoisotopic (exact) mass is 480 g/mol. The fourth-order valence-electron chi connectivity index (χ4n) is 6.16. The van der Waals surface area contributed by atoms with Gasteiger partial charge in [-0.1, -0.05) is 97.1 Å². The van der Waals surface area contributed by atoms with Crippen LogP contribution in [0.3, 0.4) is 0 Å². The van der Waals surface area contributed by atoms with E-state index in [0.29, 0.717) is 0 Å². The van der Waals surface area contributed by atoms with E-state index in [4.69, 9.17) is 10.7 Å². The molecular formula is C33H28N4. The number of anilines is 1. The van der Waals surface area contributed by atoms with Gasteiger partial charge in [0.05, 0.1) is 17.5 Å². The zero-order valence-electron chi connectivity index (χ0n) is 20.7. The van der Waals surface area contributed by atoms with Crippen LogP contribution in [0.2, 0.25) is 0 Å². The minimum Gasteiger partial charge on any atom is -0.322 e. The molecule has 2 N–H and O–H groups in total. The molecule has 37 heavy (non-hydrogen) atoms. The number of aliphatic imine (C=N–C) groups is 1. The van der Waals surface area contributed by atoms with Gasteiger partial charge in [0.1, 0.15) is 12.0 Å². The first-order valence-electron chi connectivity index (χ1n) is 12.8. The lowest BCUT2D eigenvalue weighted by molar-refractivity contribution is 0.692. The number of nitrogens with two attached hydrogens (primary N) is 1. The molecule has 5 aromatic rings. The Balaban J connectivity index is 1.42. The van der Waals surface area contributed by atoms with Crippen LogP contribution in [-0.4, -0.2) is 16.4 Å². The average Bonchev–Trinajstić information content (AvgIpc) is 3.47. The molecule has 0 saturated carbocycles. The third-order valence-corrected chi connectivity index (χ3v) is 7.71. The summed E-state index contributed by atoms with van der Waals surface area (Å²) in [7, 11) is 0. The normalized spacial score (nSPS) is 19.0. The van der Waals surface area contributed by atoms with Crippen LogP contribution in [0.4, 0.5) is 5.69 Å². The first kappa shape index (κ1) is 21.8. The Morgan fingerprint density at radius 1 is 0.811 bits per heavy atom. The molecule has 0 amide bonds. The molecule has 0 fully saturated rings. The van der Waals surface area contributed by atoms with Crippen LogP contribution in [0.1, 0.15) is 41.4 Å². The summed E-state index contributed by atoms with van der Waals surface area (Å²) in [6, 6.07) is 38.4. The van der Waals surface area contributed by atoms with Crippen molar-refractivity contribution in [3.05, 3.63) is 138 Å². The van der Waals surface area contributed by atoms with Crippen LogP contribution in [-0.2, 0) is 0 Å². The summed E-state index contributed by atoms with van der Waals surface area (Å²) in [4.78, 5) is 7.35. The van der Waals surface area contributed by atoms with E-state index in [1.807, 2.05) is 30.3 Å². The summed E-state index contributed by atoms with van der Waals surface area (Å²) in [6.07, 6.45) is 4.25. The SMILES string of the molecule is CC(=NC(N)c1ccccc1)N1c2ccccc2C2c3c(c4ccccc4n3-c3ccccc3)C=CC21. The van der Waals surface area contributed by atoms with Crippen LogP contribution in [0, 0.1) is 0 Å². The quantitative estimate of drug-likeness (QED) is 0.222. The molecule has 1 aliphatic carbocycles. The molecule has 4 nitrogen and oxygen atoms in total. The van der Waals surface area contributed by atoms with Gasteiger partial charge in [-0.05, 0) is 42.3 Å². The molecule has 1 aromatic heterocycles. The van der Waals surface area contributed by atoms with Crippen molar-refractivity contribution in [1.82, 2.24) is 4.57 Å². The van der Waals surface area contributed by atoms with Gasteiger partial charge in [-0.25, -0.2) is 4.99 Å². The Morgan fingerprint density at radius 2 is 1.49 bits per heavy atom. The predicted molar refractivity (Wildman–Crippen MR) is 153 cm³/mol. The van der Waals surface area contributed by atoms with Crippen molar-refractivity contribution in [2.45, 2.75) is 25.0 Å². The minimum absolute atomic E-state index is 0.114. The summed E-state index contributed by atoms with van der Waals surface area (Å²) in [6.45, 7) is 2.08. The molecule has 4 heteroatoms. The Labute approximate surface area is 217 Å². The minimum atomic E-state index is -0.411.